The number of aromatic nitrogens is 3. The molecule has 3 aromatic rings. The first-order valence-electron chi connectivity index (χ1n) is 7.42. The van der Waals surface area contributed by atoms with E-state index in [1.54, 1.807) is 43.5 Å². The Balaban J connectivity index is 2.23. The van der Waals surface area contributed by atoms with E-state index < -0.39 is 11.7 Å². The molecule has 0 radical (unpaired) electrons. The third-order valence-electron chi connectivity index (χ3n) is 3.51. The number of nitrogens with zero attached hydrogens (tertiary/aromatic N) is 3. The fourth-order valence-corrected chi connectivity index (χ4v) is 2.65. The molecule has 25 heavy (non-hydrogen) atoms. The molecule has 0 aliphatic carbocycles. The zero-order chi connectivity index (χ0) is 18.0. The number of halogens is 4. The van der Waals surface area contributed by atoms with E-state index in [0.717, 1.165) is 6.07 Å². The Morgan fingerprint density at radius 3 is 2.28 bits per heavy atom. The van der Waals surface area contributed by atoms with Crippen LogP contribution in [0.5, 0.6) is 0 Å². The first kappa shape index (κ1) is 17.2. The van der Waals surface area contributed by atoms with E-state index in [9.17, 15) is 13.2 Å². The monoisotopic (exact) mass is 363 g/mol. The maximum atomic E-state index is 13.3. The van der Waals surface area contributed by atoms with Crippen LogP contribution in [0.3, 0.4) is 0 Å². The van der Waals surface area contributed by atoms with Crippen LogP contribution in [0.1, 0.15) is 12.5 Å². The Bertz CT molecular complexity index is 929. The van der Waals surface area contributed by atoms with E-state index in [4.69, 9.17) is 11.6 Å². The standard InChI is InChI=1S/C18H13ClF3N3/c1-2-11-25-17(12-7-3-5-9-14(12)18(20,21)22)23-16(24-25)13-8-4-6-10-15(13)19/h2-11H,1H3. The van der Waals surface area contributed by atoms with Crippen molar-refractivity contribution < 1.29 is 13.2 Å². The van der Waals surface area contributed by atoms with Gasteiger partial charge < -0.3 is 0 Å². The van der Waals surface area contributed by atoms with Gasteiger partial charge in [0.25, 0.3) is 0 Å². The van der Waals surface area contributed by atoms with Crippen LogP contribution in [0.2, 0.25) is 5.02 Å². The molecule has 1 aromatic heterocycles. The summed E-state index contributed by atoms with van der Waals surface area (Å²) in [4.78, 5) is 4.32. The van der Waals surface area contributed by atoms with Gasteiger partial charge in [-0.2, -0.15) is 13.2 Å². The normalized spacial score (nSPS) is 12.0. The molecule has 0 amide bonds. The highest BCUT2D eigenvalue weighted by atomic mass is 35.5. The molecule has 0 unspecified atom stereocenters. The Kier molecular flexibility index (Phi) is 4.63. The van der Waals surface area contributed by atoms with Gasteiger partial charge in [-0.05, 0) is 25.1 Å². The number of hydrogen-bond acceptors (Lipinski definition) is 2. The lowest BCUT2D eigenvalue weighted by Gasteiger charge is -2.11. The Morgan fingerprint density at radius 2 is 1.64 bits per heavy atom. The molecule has 0 spiro atoms. The largest absolute Gasteiger partial charge is 0.417 e. The van der Waals surface area contributed by atoms with Gasteiger partial charge in [0.15, 0.2) is 11.6 Å². The lowest BCUT2D eigenvalue weighted by atomic mass is 10.1. The van der Waals surface area contributed by atoms with Gasteiger partial charge in [-0.15, -0.1) is 5.10 Å². The highest BCUT2D eigenvalue weighted by Gasteiger charge is 2.34. The maximum Gasteiger partial charge on any atom is 0.417 e. The molecular formula is C18H13ClF3N3. The van der Waals surface area contributed by atoms with E-state index in [1.165, 1.54) is 22.9 Å². The summed E-state index contributed by atoms with van der Waals surface area (Å²) in [5.74, 6) is 0.358. The molecule has 0 saturated carbocycles. The predicted octanol–water partition coefficient (Wildman–Crippen LogP) is 5.77. The van der Waals surface area contributed by atoms with Gasteiger partial charge in [0, 0.05) is 17.3 Å². The van der Waals surface area contributed by atoms with Gasteiger partial charge in [0.1, 0.15) is 0 Å². The van der Waals surface area contributed by atoms with Crippen molar-refractivity contribution in [3.8, 4) is 22.8 Å². The average Bonchev–Trinajstić information content (AvgIpc) is 2.98. The van der Waals surface area contributed by atoms with E-state index in [0.29, 0.717) is 10.6 Å². The third-order valence-corrected chi connectivity index (χ3v) is 3.84. The molecule has 0 aliphatic rings. The number of alkyl halides is 3. The van der Waals surface area contributed by atoms with Crippen molar-refractivity contribution in [3.05, 3.63) is 65.2 Å². The van der Waals surface area contributed by atoms with Gasteiger partial charge in [0.2, 0.25) is 0 Å². The summed E-state index contributed by atoms with van der Waals surface area (Å²) >= 11 is 6.16. The summed E-state index contributed by atoms with van der Waals surface area (Å²) in [6.07, 6.45) is -1.27. The molecule has 0 bridgehead atoms. The summed E-state index contributed by atoms with van der Waals surface area (Å²) in [7, 11) is 0. The summed E-state index contributed by atoms with van der Waals surface area (Å²) in [5, 5.41) is 4.72. The molecule has 0 N–H and O–H groups in total. The van der Waals surface area contributed by atoms with Crippen LogP contribution < -0.4 is 0 Å². The quantitative estimate of drug-likeness (QED) is 0.591. The van der Waals surface area contributed by atoms with E-state index in [2.05, 4.69) is 10.1 Å². The van der Waals surface area contributed by atoms with Crippen molar-refractivity contribution in [1.82, 2.24) is 14.8 Å². The molecule has 3 nitrogen and oxygen atoms in total. The van der Waals surface area contributed by atoms with Crippen molar-refractivity contribution in [3.63, 3.8) is 0 Å². The fraction of sp³-hybridized carbons (Fsp3) is 0.111. The highest BCUT2D eigenvalue weighted by Crippen LogP contribution is 2.37. The lowest BCUT2D eigenvalue weighted by molar-refractivity contribution is -0.137. The first-order chi connectivity index (χ1) is 11.9. The minimum absolute atomic E-state index is 0.0427. The molecule has 7 heteroatoms. The minimum atomic E-state index is -4.49. The lowest BCUT2D eigenvalue weighted by Crippen LogP contribution is -2.08. The molecule has 0 saturated heterocycles. The highest BCUT2D eigenvalue weighted by molar-refractivity contribution is 6.33. The van der Waals surface area contributed by atoms with Crippen LogP contribution in [-0.4, -0.2) is 14.8 Å². The molecule has 0 aliphatic heterocycles. The predicted molar refractivity (Wildman–Crippen MR) is 91.9 cm³/mol. The van der Waals surface area contributed by atoms with Crippen LogP contribution in [-0.2, 0) is 6.18 Å². The topological polar surface area (TPSA) is 30.7 Å². The molecule has 3 rings (SSSR count). The van der Waals surface area contributed by atoms with Gasteiger partial charge >= 0.3 is 6.18 Å². The summed E-state index contributed by atoms with van der Waals surface area (Å²) in [6, 6.07) is 12.2. The van der Waals surface area contributed by atoms with Gasteiger partial charge in [-0.1, -0.05) is 48.0 Å². The Hall–Kier alpha value is -2.60. The zero-order valence-corrected chi connectivity index (χ0v) is 13.9. The van der Waals surface area contributed by atoms with Crippen LogP contribution in [0.25, 0.3) is 29.0 Å². The van der Waals surface area contributed by atoms with E-state index >= 15 is 0 Å². The SMILES string of the molecule is CC=Cn1nc(-c2ccccc2Cl)nc1-c1ccccc1C(F)(F)F. The summed E-state index contributed by atoms with van der Waals surface area (Å²) in [5.41, 5.74) is -0.254. The molecule has 2 aromatic carbocycles. The van der Waals surface area contributed by atoms with Crippen LogP contribution in [0.15, 0.2) is 54.6 Å². The summed E-state index contributed by atoms with van der Waals surface area (Å²) < 4.78 is 41.4. The number of hydrogen-bond donors (Lipinski definition) is 0. The second kappa shape index (κ2) is 6.72. The van der Waals surface area contributed by atoms with E-state index in [-0.39, 0.29) is 17.2 Å². The average molecular weight is 364 g/mol. The molecule has 0 fully saturated rings. The van der Waals surface area contributed by atoms with Gasteiger partial charge in [-0.25, -0.2) is 9.67 Å². The first-order valence-corrected chi connectivity index (χ1v) is 7.80. The second-order valence-electron chi connectivity index (χ2n) is 5.21. The molecular weight excluding hydrogens is 351 g/mol. The third kappa shape index (κ3) is 3.44. The van der Waals surface area contributed by atoms with Crippen LogP contribution >= 0.6 is 11.6 Å². The number of rotatable bonds is 3. The van der Waals surface area contributed by atoms with Crippen molar-refractivity contribution in [1.29, 1.82) is 0 Å². The molecule has 1 heterocycles. The van der Waals surface area contributed by atoms with Crippen molar-refractivity contribution >= 4 is 17.8 Å². The number of allylic oxidation sites excluding steroid dienone is 1. The second-order valence-corrected chi connectivity index (χ2v) is 5.62. The van der Waals surface area contributed by atoms with Crippen molar-refractivity contribution in [2.45, 2.75) is 13.1 Å². The Morgan fingerprint density at radius 1 is 1.00 bits per heavy atom. The molecule has 0 atom stereocenters. The Labute approximate surface area is 147 Å². The smallest absolute Gasteiger partial charge is 0.220 e. The minimum Gasteiger partial charge on any atom is -0.220 e. The summed E-state index contributed by atoms with van der Waals surface area (Å²) in [6.45, 7) is 1.75. The van der Waals surface area contributed by atoms with Crippen LogP contribution in [0, 0.1) is 0 Å². The zero-order valence-electron chi connectivity index (χ0n) is 13.1. The fourth-order valence-electron chi connectivity index (χ4n) is 2.43. The van der Waals surface area contributed by atoms with Gasteiger partial charge in [-0.3, -0.25) is 0 Å². The number of benzene rings is 2. The van der Waals surface area contributed by atoms with Crippen molar-refractivity contribution in [2.24, 2.45) is 0 Å². The molecule has 128 valence electrons. The van der Waals surface area contributed by atoms with Crippen molar-refractivity contribution in [2.75, 3.05) is 0 Å². The maximum absolute atomic E-state index is 13.3. The van der Waals surface area contributed by atoms with E-state index in [1.807, 2.05) is 0 Å². The van der Waals surface area contributed by atoms with Gasteiger partial charge in [0.05, 0.1) is 10.6 Å². The van der Waals surface area contributed by atoms with Crippen LogP contribution in [0.4, 0.5) is 13.2 Å².